The highest BCUT2D eigenvalue weighted by atomic mass is 35.5. The Morgan fingerprint density at radius 3 is 3.04 bits per heavy atom. The topological polar surface area (TPSA) is 73.2 Å². The fourth-order valence-corrected chi connectivity index (χ4v) is 3.71. The highest BCUT2D eigenvalue weighted by molar-refractivity contribution is 7.89. The van der Waals surface area contributed by atoms with E-state index in [0.717, 1.165) is 29.8 Å². The van der Waals surface area contributed by atoms with Gasteiger partial charge in [0.05, 0.1) is 35.9 Å². The van der Waals surface area contributed by atoms with Crippen LogP contribution in [0.2, 0.25) is 5.02 Å². The third kappa shape index (κ3) is 3.55. The number of sulfonamides is 1. The van der Waals surface area contributed by atoms with Crippen molar-refractivity contribution in [3.8, 4) is 0 Å². The van der Waals surface area contributed by atoms with Gasteiger partial charge < -0.3 is 4.74 Å². The molecule has 1 aliphatic heterocycles. The molecular formula is C14H15ClFN3O3S. The molecule has 0 spiro atoms. The molecular weight excluding hydrogens is 345 g/mol. The van der Waals surface area contributed by atoms with E-state index in [1.54, 1.807) is 10.9 Å². The van der Waals surface area contributed by atoms with Crippen molar-refractivity contribution in [2.45, 2.75) is 24.5 Å². The van der Waals surface area contributed by atoms with Crippen LogP contribution < -0.4 is 4.72 Å². The number of nitrogens with one attached hydrogen (secondary N) is 1. The quantitative estimate of drug-likeness (QED) is 0.882. The third-order valence-corrected chi connectivity index (χ3v) is 5.34. The van der Waals surface area contributed by atoms with Crippen LogP contribution in [0.15, 0.2) is 29.3 Å². The van der Waals surface area contributed by atoms with Crippen LogP contribution in [-0.4, -0.2) is 31.3 Å². The summed E-state index contributed by atoms with van der Waals surface area (Å²) in [6.45, 7) is 1.75. The Labute approximate surface area is 138 Å². The number of aromatic nitrogens is 2. The standard InChI is InChI=1S/C14H15ClFN3O3S/c15-12-7-11(1-2-13(12)16)23(20,21)18-4-5-19-14-3-6-22-9-10(14)8-17-19/h1-2,7-8,18H,3-6,9H2. The Morgan fingerprint density at radius 1 is 1.43 bits per heavy atom. The number of nitrogens with zero attached hydrogens (tertiary/aromatic N) is 2. The summed E-state index contributed by atoms with van der Waals surface area (Å²) in [5.74, 6) is -0.656. The van der Waals surface area contributed by atoms with Crippen molar-refractivity contribution in [1.82, 2.24) is 14.5 Å². The molecule has 0 radical (unpaired) electrons. The minimum absolute atomic E-state index is 0.0696. The van der Waals surface area contributed by atoms with E-state index in [4.69, 9.17) is 16.3 Å². The molecule has 124 valence electrons. The summed E-state index contributed by atoms with van der Waals surface area (Å²) in [5, 5.41) is 4.02. The van der Waals surface area contributed by atoms with E-state index in [1.165, 1.54) is 6.07 Å². The Hall–Kier alpha value is -1.48. The molecule has 23 heavy (non-hydrogen) atoms. The SMILES string of the molecule is O=S(=O)(NCCn1ncc2c1CCOC2)c1ccc(F)c(Cl)c1. The minimum Gasteiger partial charge on any atom is -0.376 e. The van der Waals surface area contributed by atoms with Gasteiger partial charge in [0.15, 0.2) is 0 Å². The highest BCUT2D eigenvalue weighted by Gasteiger charge is 2.18. The first-order chi connectivity index (χ1) is 11.0. The second-order valence-corrected chi connectivity index (χ2v) is 7.29. The van der Waals surface area contributed by atoms with Crippen molar-refractivity contribution in [2.24, 2.45) is 0 Å². The van der Waals surface area contributed by atoms with E-state index in [-0.39, 0.29) is 16.5 Å². The van der Waals surface area contributed by atoms with Gasteiger partial charge in [0, 0.05) is 24.2 Å². The summed E-state index contributed by atoms with van der Waals surface area (Å²) in [5.41, 5.74) is 2.10. The van der Waals surface area contributed by atoms with Crippen LogP contribution in [0.5, 0.6) is 0 Å². The van der Waals surface area contributed by atoms with E-state index in [1.807, 2.05) is 0 Å². The molecule has 3 rings (SSSR count). The van der Waals surface area contributed by atoms with Crippen molar-refractivity contribution in [3.05, 3.63) is 46.5 Å². The van der Waals surface area contributed by atoms with Crippen LogP contribution in [0.25, 0.3) is 0 Å². The molecule has 0 amide bonds. The second-order valence-electron chi connectivity index (χ2n) is 5.12. The number of benzene rings is 1. The number of hydrogen-bond donors (Lipinski definition) is 1. The lowest BCUT2D eigenvalue weighted by Gasteiger charge is -2.15. The van der Waals surface area contributed by atoms with Gasteiger partial charge in [-0.05, 0) is 18.2 Å². The molecule has 0 bridgehead atoms. The zero-order valence-electron chi connectivity index (χ0n) is 12.1. The first-order valence-electron chi connectivity index (χ1n) is 7.03. The molecule has 0 saturated carbocycles. The number of fused-ring (bicyclic) bond motifs is 1. The summed E-state index contributed by atoms with van der Waals surface area (Å²) in [6.07, 6.45) is 2.50. The van der Waals surface area contributed by atoms with E-state index >= 15 is 0 Å². The minimum atomic E-state index is -3.74. The summed E-state index contributed by atoms with van der Waals surface area (Å²) < 4.78 is 47.0. The average molecular weight is 360 g/mol. The Kier molecular flexibility index (Phi) is 4.67. The van der Waals surface area contributed by atoms with Crippen LogP contribution in [0.3, 0.4) is 0 Å². The van der Waals surface area contributed by atoms with Crippen LogP contribution in [0.1, 0.15) is 11.3 Å². The molecule has 6 nitrogen and oxygen atoms in total. The lowest BCUT2D eigenvalue weighted by Crippen LogP contribution is -2.28. The van der Waals surface area contributed by atoms with E-state index < -0.39 is 15.8 Å². The molecule has 2 aromatic rings. The Balaban J connectivity index is 1.65. The zero-order chi connectivity index (χ0) is 16.4. The van der Waals surface area contributed by atoms with Crippen LogP contribution in [0, 0.1) is 5.82 Å². The fraction of sp³-hybridized carbons (Fsp3) is 0.357. The van der Waals surface area contributed by atoms with Gasteiger partial charge in [-0.15, -0.1) is 0 Å². The lowest BCUT2D eigenvalue weighted by molar-refractivity contribution is 0.109. The third-order valence-electron chi connectivity index (χ3n) is 3.59. The van der Waals surface area contributed by atoms with Crippen molar-refractivity contribution >= 4 is 21.6 Å². The van der Waals surface area contributed by atoms with Gasteiger partial charge in [0.1, 0.15) is 5.82 Å². The Bertz CT molecular complexity index is 823. The van der Waals surface area contributed by atoms with Crippen molar-refractivity contribution < 1.29 is 17.5 Å². The predicted molar refractivity (Wildman–Crippen MR) is 82.2 cm³/mol. The smallest absolute Gasteiger partial charge is 0.240 e. The molecule has 0 fully saturated rings. The molecule has 0 atom stereocenters. The maximum absolute atomic E-state index is 13.1. The lowest BCUT2D eigenvalue weighted by atomic mass is 10.2. The van der Waals surface area contributed by atoms with E-state index in [0.29, 0.717) is 19.8 Å². The normalized spacial score (nSPS) is 14.7. The average Bonchev–Trinajstić information content (AvgIpc) is 2.93. The Morgan fingerprint density at radius 2 is 2.26 bits per heavy atom. The van der Waals surface area contributed by atoms with Crippen LogP contribution >= 0.6 is 11.6 Å². The maximum atomic E-state index is 13.1. The van der Waals surface area contributed by atoms with E-state index in [2.05, 4.69) is 9.82 Å². The van der Waals surface area contributed by atoms with Crippen molar-refractivity contribution in [1.29, 1.82) is 0 Å². The van der Waals surface area contributed by atoms with Crippen LogP contribution in [0.4, 0.5) is 4.39 Å². The van der Waals surface area contributed by atoms with Gasteiger partial charge in [-0.1, -0.05) is 11.6 Å². The molecule has 1 aromatic carbocycles. The van der Waals surface area contributed by atoms with E-state index in [9.17, 15) is 12.8 Å². The van der Waals surface area contributed by atoms with Gasteiger partial charge in [0.25, 0.3) is 0 Å². The molecule has 1 N–H and O–H groups in total. The highest BCUT2D eigenvalue weighted by Crippen LogP contribution is 2.19. The van der Waals surface area contributed by atoms with Gasteiger partial charge in [0.2, 0.25) is 10.0 Å². The monoisotopic (exact) mass is 359 g/mol. The largest absolute Gasteiger partial charge is 0.376 e. The zero-order valence-corrected chi connectivity index (χ0v) is 13.7. The summed E-state index contributed by atoms with van der Waals surface area (Å²) in [6, 6.07) is 3.30. The number of hydrogen-bond acceptors (Lipinski definition) is 4. The molecule has 0 unspecified atom stereocenters. The maximum Gasteiger partial charge on any atom is 0.240 e. The summed E-state index contributed by atoms with van der Waals surface area (Å²) in [7, 11) is -3.74. The molecule has 0 saturated heterocycles. The molecule has 1 aromatic heterocycles. The molecule has 9 heteroatoms. The predicted octanol–water partition coefficient (Wildman–Crippen LogP) is 1.73. The summed E-state index contributed by atoms with van der Waals surface area (Å²) in [4.78, 5) is -0.0696. The second kappa shape index (κ2) is 6.56. The molecule has 2 heterocycles. The number of rotatable bonds is 5. The summed E-state index contributed by atoms with van der Waals surface area (Å²) >= 11 is 5.62. The number of halogens is 2. The first-order valence-corrected chi connectivity index (χ1v) is 8.89. The van der Waals surface area contributed by atoms with Crippen molar-refractivity contribution in [2.75, 3.05) is 13.2 Å². The molecule has 1 aliphatic rings. The van der Waals surface area contributed by atoms with Gasteiger partial charge in [-0.3, -0.25) is 4.68 Å². The van der Waals surface area contributed by atoms with Gasteiger partial charge in [-0.25, -0.2) is 17.5 Å². The first kappa shape index (κ1) is 16.4. The van der Waals surface area contributed by atoms with Crippen LogP contribution in [-0.2, 0) is 34.3 Å². The van der Waals surface area contributed by atoms with Gasteiger partial charge in [-0.2, -0.15) is 5.10 Å². The van der Waals surface area contributed by atoms with Crippen molar-refractivity contribution in [3.63, 3.8) is 0 Å². The molecule has 0 aliphatic carbocycles. The number of ether oxygens (including phenoxy) is 1. The fourth-order valence-electron chi connectivity index (χ4n) is 2.42. The van der Waals surface area contributed by atoms with Gasteiger partial charge >= 0.3 is 0 Å².